The summed E-state index contributed by atoms with van der Waals surface area (Å²) in [7, 11) is 0. The lowest BCUT2D eigenvalue weighted by Crippen LogP contribution is -2.12. The van der Waals surface area contributed by atoms with Gasteiger partial charge in [-0.15, -0.1) is 0 Å². The molecule has 1 rings (SSSR count). The van der Waals surface area contributed by atoms with Gasteiger partial charge in [-0.2, -0.15) is 0 Å². The first-order valence-corrected chi connectivity index (χ1v) is 7.22. The Kier molecular flexibility index (Phi) is 6.79. The van der Waals surface area contributed by atoms with Gasteiger partial charge in [0.25, 0.3) is 0 Å². The molecule has 0 aromatic heterocycles. The summed E-state index contributed by atoms with van der Waals surface area (Å²) >= 11 is 5.92. The number of halogens is 2. The zero-order chi connectivity index (χ0) is 15.1. The highest BCUT2D eigenvalue weighted by Gasteiger charge is 2.16. The van der Waals surface area contributed by atoms with E-state index in [-0.39, 0.29) is 16.9 Å². The van der Waals surface area contributed by atoms with E-state index in [4.69, 9.17) is 21.4 Å². The van der Waals surface area contributed by atoms with E-state index < -0.39 is 17.3 Å². The minimum absolute atomic E-state index is 0.0839. The largest absolute Gasteiger partial charge is 0.489 e. The first-order chi connectivity index (χ1) is 9.45. The molecule has 1 N–H and O–H groups in total. The fraction of sp³-hybridized carbons (Fsp3) is 0.533. The normalized spacial score (nSPS) is 12.2. The summed E-state index contributed by atoms with van der Waals surface area (Å²) in [4.78, 5) is 10.8. The standard InChI is InChI=1S/C15H20ClFO3/c1-3-4-5-6-7-10(2)20-14-9-13(17)11(15(18)19)8-12(14)16/h8-10H,3-7H2,1-2H3,(H,18,19). The second-order valence-corrected chi connectivity index (χ2v) is 5.25. The third-order valence-corrected chi connectivity index (χ3v) is 3.34. The van der Waals surface area contributed by atoms with E-state index in [0.29, 0.717) is 0 Å². The van der Waals surface area contributed by atoms with Crippen molar-refractivity contribution in [1.29, 1.82) is 0 Å². The van der Waals surface area contributed by atoms with Gasteiger partial charge in [0.05, 0.1) is 16.7 Å². The number of carboxylic acids is 1. The quantitative estimate of drug-likeness (QED) is 0.694. The molecule has 0 aliphatic heterocycles. The van der Waals surface area contributed by atoms with E-state index >= 15 is 0 Å². The van der Waals surface area contributed by atoms with Crippen LogP contribution in [0.4, 0.5) is 4.39 Å². The molecule has 0 fully saturated rings. The van der Waals surface area contributed by atoms with E-state index in [1.807, 2.05) is 6.92 Å². The summed E-state index contributed by atoms with van der Waals surface area (Å²) in [5, 5.41) is 8.91. The van der Waals surface area contributed by atoms with Crippen LogP contribution in [0.5, 0.6) is 5.75 Å². The second-order valence-electron chi connectivity index (χ2n) is 4.85. The van der Waals surface area contributed by atoms with Crippen LogP contribution >= 0.6 is 11.6 Å². The summed E-state index contributed by atoms with van der Waals surface area (Å²) in [5.74, 6) is -1.99. The molecule has 0 aliphatic carbocycles. The van der Waals surface area contributed by atoms with Gasteiger partial charge in [0.15, 0.2) is 0 Å². The number of hydrogen-bond acceptors (Lipinski definition) is 2. The van der Waals surface area contributed by atoms with Crippen molar-refractivity contribution in [2.24, 2.45) is 0 Å². The molecule has 112 valence electrons. The van der Waals surface area contributed by atoms with Crippen LogP contribution in [0, 0.1) is 5.82 Å². The van der Waals surface area contributed by atoms with Crippen LogP contribution in [-0.2, 0) is 0 Å². The number of rotatable bonds is 8. The van der Waals surface area contributed by atoms with Gasteiger partial charge in [0, 0.05) is 6.07 Å². The van der Waals surface area contributed by atoms with Gasteiger partial charge >= 0.3 is 5.97 Å². The predicted molar refractivity (Wildman–Crippen MR) is 77.2 cm³/mol. The molecular formula is C15H20ClFO3. The highest BCUT2D eigenvalue weighted by Crippen LogP contribution is 2.29. The molecule has 0 saturated carbocycles. The number of carbonyl (C=O) groups is 1. The Morgan fingerprint density at radius 2 is 2.10 bits per heavy atom. The van der Waals surface area contributed by atoms with Crippen LogP contribution in [0.25, 0.3) is 0 Å². The number of ether oxygens (including phenoxy) is 1. The van der Waals surface area contributed by atoms with Crippen molar-refractivity contribution in [3.8, 4) is 5.75 Å². The molecule has 0 aliphatic rings. The maximum absolute atomic E-state index is 13.6. The third kappa shape index (κ3) is 5.00. The Morgan fingerprint density at radius 3 is 2.70 bits per heavy atom. The monoisotopic (exact) mass is 302 g/mol. The number of benzene rings is 1. The van der Waals surface area contributed by atoms with Crippen LogP contribution < -0.4 is 4.74 Å². The molecule has 5 heteroatoms. The number of carboxylic acid groups (broad SMARTS) is 1. The molecule has 3 nitrogen and oxygen atoms in total. The summed E-state index contributed by atoms with van der Waals surface area (Å²) < 4.78 is 19.1. The molecule has 1 unspecified atom stereocenters. The molecule has 1 aromatic rings. The fourth-order valence-electron chi connectivity index (χ4n) is 1.92. The van der Waals surface area contributed by atoms with Crippen molar-refractivity contribution in [3.05, 3.63) is 28.5 Å². The third-order valence-electron chi connectivity index (χ3n) is 3.04. The Bertz CT molecular complexity index is 463. The van der Waals surface area contributed by atoms with Crippen molar-refractivity contribution in [2.75, 3.05) is 0 Å². The van der Waals surface area contributed by atoms with E-state index in [1.54, 1.807) is 0 Å². The number of unbranched alkanes of at least 4 members (excludes halogenated alkanes) is 3. The van der Waals surface area contributed by atoms with Gasteiger partial charge in [-0.25, -0.2) is 9.18 Å². The van der Waals surface area contributed by atoms with Gasteiger partial charge in [-0.3, -0.25) is 0 Å². The van der Waals surface area contributed by atoms with Gasteiger partial charge in [-0.1, -0.05) is 37.8 Å². The fourth-order valence-corrected chi connectivity index (χ4v) is 2.13. The zero-order valence-corrected chi connectivity index (χ0v) is 12.5. The molecule has 0 radical (unpaired) electrons. The topological polar surface area (TPSA) is 46.5 Å². The van der Waals surface area contributed by atoms with Crippen LogP contribution in [0.15, 0.2) is 12.1 Å². The second kappa shape index (κ2) is 8.10. The van der Waals surface area contributed by atoms with Crippen molar-refractivity contribution in [1.82, 2.24) is 0 Å². The zero-order valence-electron chi connectivity index (χ0n) is 11.8. The lowest BCUT2D eigenvalue weighted by molar-refractivity contribution is 0.0692. The molecular weight excluding hydrogens is 283 g/mol. The Balaban J connectivity index is 2.63. The molecule has 1 aromatic carbocycles. The minimum Gasteiger partial charge on any atom is -0.489 e. The Labute approximate surface area is 123 Å². The van der Waals surface area contributed by atoms with E-state index in [0.717, 1.165) is 31.4 Å². The van der Waals surface area contributed by atoms with Crippen molar-refractivity contribution in [2.45, 2.75) is 52.1 Å². The summed E-state index contributed by atoms with van der Waals surface area (Å²) in [6.07, 6.45) is 5.32. The maximum Gasteiger partial charge on any atom is 0.338 e. The average molecular weight is 303 g/mol. The van der Waals surface area contributed by atoms with Gasteiger partial charge in [0.1, 0.15) is 11.6 Å². The SMILES string of the molecule is CCCCCCC(C)Oc1cc(F)c(C(=O)O)cc1Cl. The first kappa shape index (κ1) is 16.8. The van der Waals surface area contributed by atoms with Crippen LogP contribution in [0.3, 0.4) is 0 Å². The maximum atomic E-state index is 13.6. The van der Waals surface area contributed by atoms with Gasteiger partial charge in [-0.05, 0) is 25.8 Å². The molecule has 1 atom stereocenters. The first-order valence-electron chi connectivity index (χ1n) is 6.84. The van der Waals surface area contributed by atoms with E-state index in [1.165, 1.54) is 12.8 Å². The Hall–Kier alpha value is -1.29. The van der Waals surface area contributed by atoms with E-state index in [9.17, 15) is 9.18 Å². The lowest BCUT2D eigenvalue weighted by Gasteiger charge is -2.16. The van der Waals surface area contributed by atoms with Gasteiger partial charge in [0.2, 0.25) is 0 Å². The smallest absolute Gasteiger partial charge is 0.338 e. The molecule has 20 heavy (non-hydrogen) atoms. The van der Waals surface area contributed by atoms with E-state index in [2.05, 4.69) is 6.92 Å². The van der Waals surface area contributed by atoms with Crippen LogP contribution in [0.2, 0.25) is 5.02 Å². The summed E-state index contributed by atoms with van der Waals surface area (Å²) in [5.41, 5.74) is -0.446. The van der Waals surface area contributed by atoms with Crippen molar-refractivity contribution in [3.63, 3.8) is 0 Å². The predicted octanol–water partition coefficient (Wildman–Crippen LogP) is 4.92. The van der Waals surface area contributed by atoms with Crippen molar-refractivity contribution >= 4 is 17.6 Å². The van der Waals surface area contributed by atoms with Gasteiger partial charge < -0.3 is 9.84 Å². The summed E-state index contributed by atoms with van der Waals surface area (Å²) in [6, 6.07) is 2.12. The minimum atomic E-state index is -1.34. The number of hydrogen-bond donors (Lipinski definition) is 1. The Morgan fingerprint density at radius 1 is 1.40 bits per heavy atom. The lowest BCUT2D eigenvalue weighted by atomic mass is 10.1. The number of aromatic carboxylic acids is 1. The molecule has 0 amide bonds. The van der Waals surface area contributed by atoms with Crippen LogP contribution in [0.1, 0.15) is 56.3 Å². The molecule has 0 heterocycles. The summed E-state index contributed by atoms with van der Waals surface area (Å²) in [6.45, 7) is 4.04. The average Bonchev–Trinajstić information content (AvgIpc) is 2.38. The molecule has 0 spiro atoms. The highest BCUT2D eigenvalue weighted by atomic mass is 35.5. The molecule has 0 bridgehead atoms. The van der Waals surface area contributed by atoms with Crippen LogP contribution in [-0.4, -0.2) is 17.2 Å². The highest BCUT2D eigenvalue weighted by molar-refractivity contribution is 6.32. The molecule has 0 saturated heterocycles. The van der Waals surface area contributed by atoms with Crippen molar-refractivity contribution < 1.29 is 19.0 Å².